The highest BCUT2D eigenvalue weighted by Gasteiger charge is 2.25. The molecule has 8 nitrogen and oxygen atoms in total. The number of benzene rings is 1. The Morgan fingerprint density at radius 2 is 1.92 bits per heavy atom. The van der Waals surface area contributed by atoms with E-state index in [9.17, 15) is 19.7 Å². The van der Waals surface area contributed by atoms with Gasteiger partial charge in [0.25, 0.3) is 11.6 Å². The van der Waals surface area contributed by atoms with Crippen LogP contribution >= 0.6 is 11.6 Å². The fraction of sp³-hybridized carbons (Fsp3) is 0.529. The summed E-state index contributed by atoms with van der Waals surface area (Å²) in [6.07, 6.45) is 1.01. The minimum atomic E-state index is -0.736. The molecule has 0 aliphatic heterocycles. The van der Waals surface area contributed by atoms with E-state index in [1.165, 1.54) is 12.1 Å². The topological polar surface area (TPSA) is 113 Å². The first kappa shape index (κ1) is 21.9. The molecule has 1 aromatic rings. The summed E-state index contributed by atoms with van der Waals surface area (Å²) in [6, 6.07) is 2.85. The van der Waals surface area contributed by atoms with Crippen LogP contribution in [0.4, 0.5) is 5.69 Å². The lowest BCUT2D eigenvalue weighted by molar-refractivity contribution is -0.384. The first-order chi connectivity index (χ1) is 12.3. The van der Waals surface area contributed by atoms with Crippen LogP contribution in [0.5, 0.6) is 0 Å². The number of hydrogen-bond donors (Lipinski definition) is 3. The van der Waals surface area contributed by atoms with E-state index in [1.807, 2.05) is 13.8 Å². The maximum atomic E-state index is 12.4. The van der Waals surface area contributed by atoms with Crippen LogP contribution in [0.3, 0.4) is 0 Å². The average molecular weight is 385 g/mol. The van der Waals surface area contributed by atoms with Crippen molar-refractivity contribution in [2.45, 2.75) is 33.2 Å². The Morgan fingerprint density at radius 1 is 1.23 bits per heavy atom. The summed E-state index contributed by atoms with van der Waals surface area (Å²) in [4.78, 5) is 34.9. The van der Waals surface area contributed by atoms with Crippen LogP contribution in [-0.2, 0) is 4.79 Å². The second-order valence-electron chi connectivity index (χ2n) is 6.16. The fourth-order valence-electron chi connectivity index (χ4n) is 2.24. The standard InChI is InChI=1S/C17H25ClN4O4/c1-4-7-19-8-9-20-17(24)15(11(2)3)21-16(23)13-6-5-12(22(25)26)10-14(13)18/h5-6,10-11,15,19H,4,7-9H2,1-3H3,(H,20,24)(H,21,23). The Labute approximate surface area is 157 Å². The molecular weight excluding hydrogens is 360 g/mol. The molecule has 0 aromatic heterocycles. The Morgan fingerprint density at radius 3 is 2.46 bits per heavy atom. The second kappa shape index (κ2) is 10.7. The van der Waals surface area contributed by atoms with Gasteiger partial charge in [-0.2, -0.15) is 0 Å². The average Bonchev–Trinajstić information content (AvgIpc) is 2.58. The molecule has 2 amide bonds. The van der Waals surface area contributed by atoms with E-state index in [0.29, 0.717) is 13.1 Å². The van der Waals surface area contributed by atoms with E-state index in [0.717, 1.165) is 19.0 Å². The van der Waals surface area contributed by atoms with Crippen molar-refractivity contribution in [1.29, 1.82) is 0 Å². The number of nitro benzene ring substituents is 1. The molecule has 0 saturated heterocycles. The summed E-state index contributed by atoms with van der Waals surface area (Å²) >= 11 is 5.97. The van der Waals surface area contributed by atoms with Gasteiger partial charge in [-0.15, -0.1) is 0 Å². The van der Waals surface area contributed by atoms with Gasteiger partial charge in [0.2, 0.25) is 5.91 Å². The molecule has 1 rings (SSSR count). The molecule has 0 aliphatic carbocycles. The van der Waals surface area contributed by atoms with Gasteiger partial charge < -0.3 is 16.0 Å². The summed E-state index contributed by atoms with van der Waals surface area (Å²) in [5.41, 5.74) is -0.121. The van der Waals surface area contributed by atoms with Crippen LogP contribution in [0.15, 0.2) is 18.2 Å². The van der Waals surface area contributed by atoms with Gasteiger partial charge in [0.15, 0.2) is 0 Å². The third kappa shape index (κ3) is 6.61. The van der Waals surface area contributed by atoms with E-state index in [1.54, 1.807) is 0 Å². The van der Waals surface area contributed by atoms with Crippen molar-refractivity contribution in [1.82, 2.24) is 16.0 Å². The smallest absolute Gasteiger partial charge is 0.270 e. The van der Waals surface area contributed by atoms with Gasteiger partial charge in [-0.1, -0.05) is 32.4 Å². The molecule has 26 heavy (non-hydrogen) atoms. The van der Waals surface area contributed by atoms with Crippen LogP contribution in [0, 0.1) is 16.0 Å². The zero-order chi connectivity index (χ0) is 19.7. The minimum Gasteiger partial charge on any atom is -0.353 e. The maximum Gasteiger partial charge on any atom is 0.270 e. The summed E-state index contributed by atoms with van der Waals surface area (Å²) in [6.45, 7) is 7.66. The number of nitrogens with zero attached hydrogens (tertiary/aromatic N) is 1. The van der Waals surface area contributed by atoms with Crippen LogP contribution in [0.2, 0.25) is 5.02 Å². The monoisotopic (exact) mass is 384 g/mol. The predicted molar refractivity (Wildman–Crippen MR) is 100 cm³/mol. The number of carbonyl (C=O) groups is 2. The molecule has 1 aromatic carbocycles. The molecule has 0 bridgehead atoms. The van der Waals surface area contributed by atoms with Gasteiger partial charge in [0.05, 0.1) is 15.5 Å². The third-order valence-electron chi connectivity index (χ3n) is 3.67. The molecule has 1 atom stereocenters. The van der Waals surface area contributed by atoms with Crippen molar-refractivity contribution in [3.05, 3.63) is 38.9 Å². The van der Waals surface area contributed by atoms with Crippen LogP contribution in [0.25, 0.3) is 0 Å². The molecule has 0 radical (unpaired) electrons. The van der Waals surface area contributed by atoms with Gasteiger partial charge in [-0.05, 0) is 24.9 Å². The highest BCUT2D eigenvalue weighted by molar-refractivity contribution is 6.34. The lowest BCUT2D eigenvalue weighted by Gasteiger charge is -2.22. The lowest BCUT2D eigenvalue weighted by Crippen LogP contribution is -2.50. The van der Waals surface area contributed by atoms with Gasteiger partial charge in [-0.25, -0.2) is 0 Å². The fourth-order valence-corrected chi connectivity index (χ4v) is 2.50. The summed E-state index contributed by atoms with van der Waals surface area (Å²) in [5, 5.41) is 19.3. The number of amides is 2. The number of carbonyl (C=O) groups excluding carboxylic acids is 2. The van der Waals surface area contributed by atoms with Gasteiger partial charge in [0.1, 0.15) is 6.04 Å². The zero-order valence-corrected chi connectivity index (χ0v) is 15.9. The van der Waals surface area contributed by atoms with E-state index in [-0.39, 0.29) is 28.1 Å². The highest BCUT2D eigenvalue weighted by atomic mass is 35.5. The summed E-state index contributed by atoms with van der Waals surface area (Å²) in [5.74, 6) is -0.980. The normalized spacial score (nSPS) is 11.9. The van der Waals surface area contributed by atoms with Gasteiger partial charge >= 0.3 is 0 Å². The molecular formula is C17H25ClN4O4. The highest BCUT2D eigenvalue weighted by Crippen LogP contribution is 2.22. The van der Waals surface area contributed by atoms with Crippen LogP contribution in [0.1, 0.15) is 37.6 Å². The molecule has 3 N–H and O–H groups in total. The van der Waals surface area contributed by atoms with E-state index in [4.69, 9.17) is 11.6 Å². The van der Waals surface area contributed by atoms with Crippen molar-refractivity contribution in [2.24, 2.45) is 5.92 Å². The van der Waals surface area contributed by atoms with Crippen molar-refractivity contribution >= 4 is 29.1 Å². The van der Waals surface area contributed by atoms with Gasteiger partial charge in [0, 0.05) is 25.2 Å². The number of rotatable bonds is 10. The maximum absolute atomic E-state index is 12.4. The van der Waals surface area contributed by atoms with Crippen LogP contribution in [-0.4, -0.2) is 42.4 Å². The molecule has 0 saturated carbocycles. The van der Waals surface area contributed by atoms with Crippen molar-refractivity contribution in [3.63, 3.8) is 0 Å². The van der Waals surface area contributed by atoms with Crippen LogP contribution < -0.4 is 16.0 Å². The minimum absolute atomic E-state index is 0.0385. The largest absolute Gasteiger partial charge is 0.353 e. The number of halogens is 1. The number of nitrogens with one attached hydrogen (secondary N) is 3. The molecule has 0 aliphatic rings. The van der Waals surface area contributed by atoms with Crippen molar-refractivity contribution in [2.75, 3.05) is 19.6 Å². The molecule has 0 spiro atoms. The SMILES string of the molecule is CCCNCCNC(=O)C(NC(=O)c1ccc([N+](=O)[O-])cc1Cl)C(C)C. The van der Waals surface area contributed by atoms with Crippen molar-refractivity contribution < 1.29 is 14.5 Å². The first-order valence-electron chi connectivity index (χ1n) is 8.51. The third-order valence-corrected chi connectivity index (χ3v) is 3.98. The number of hydrogen-bond acceptors (Lipinski definition) is 5. The Hall–Kier alpha value is -2.19. The van der Waals surface area contributed by atoms with E-state index >= 15 is 0 Å². The van der Waals surface area contributed by atoms with E-state index in [2.05, 4.69) is 22.9 Å². The lowest BCUT2D eigenvalue weighted by atomic mass is 10.0. The zero-order valence-electron chi connectivity index (χ0n) is 15.2. The predicted octanol–water partition coefficient (Wildman–Crippen LogP) is 2.12. The van der Waals surface area contributed by atoms with Gasteiger partial charge in [-0.3, -0.25) is 19.7 Å². The quantitative estimate of drug-likeness (QED) is 0.325. The summed E-state index contributed by atoms with van der Waals surface area (Å²) < 4.78 is 0. The Kier molecular flexibility index (Phi) is 9.01. The number of nitro groups is 1. The first-order valence-corrected chi connectivity index (χ1v) is 8.89. The molecule has 144 valence electrons. The second-order valence-corrected chi connectivity index (χ2v) is 6.56. The molecule has 0 fully saturated rings. The number of non-ortho nitro benzene ring substituents is 1. The summed E-state index contributed by atoms with van der Waals surface area (Å²) in [7, 11) is 0. The molecule has 0 heterocycles. The Balaban J connectivity index is 2.73. The molecule has 9 heteroatoms. The van der Waals surface area contributed by atoms with E-state index < -0.39 is 16.9 Å². The Bertz CT molecular complexity index is 652. The molecule has 1 unspecified atom stereocenters. The van der Waals surface area contributed by atoms with Crippen molar-refractivity contribution in [3.8, 4) is 0 Å².